The lowest BCUT2D eigenvalue weighted by atomic mass is 10.0. The fourth-order valence-corrected chi connectivity index (χ4v) is 136. The molecule has 840 valence electrons. The van der Waals surface area contributed by atoms with Crippen LogP contribution in [0.4, 0.5) is 0 Å². The molecule has 0 aromatic heterocycles. The van der Waals surface area contributed by atoms with Crippen LogP contribution in [0.3, 0.4) is 0 Å². The lowest BCUT2D eigenvalue weighted by molar-refractivity contribution is -0.192. The van der Waals surface area contributed by atoms with Crippen LogP contribution in [0, 0.1) is 5.92 Å². The second-order valence-electron chi connectivity index (χ2n) is 45.5. The van der Waals surface area contributed by atoms with E-state index in [4.69, 9.17) is 134 Å². The van der Waals surface area contributed by atoms with Crippen LogP contribution in [-0.2, 0) is 148 Å². The van der Waals surface area contributed by atoms with E-state index in [2.05, 4.69) is 10.1 Å². The smallest absolute Gasteiger partial charge is 0.412 e. The van der Waals surface area contributed by atoms with Gasteiger partial charge in [0.25, 0.3) is 0 Å². The summed E-state index contributed by atoms with van der Waals surface area (Å²) in [6.07, 6.45) is 9.67. The average Bonchev–Trinajstić information content (AvgIpc) is 1.47. The molecule has 146 heavy (non-hydrogen) atoms. The molecule has 9 unspecified atom stereocenters. The number of carbonyl (C=O) groups is 3. The van der Waals surface area contributed by atoms with Crippen molar-refractivity contribution in [1.29, 1.82) is 0 Å². The third-order valence-electron chi connectivity index (χ3n) is 33.3. The molecule has 17 rings (SSSR count). The average molecular weight is 2510 g/mol. The first-order chi connectivity index (χ1) is 65.8. The summed E-state index contributed by atoms with van der Waals surface area (Å²) in [7, 11) is -103. The Morgan fingerprint density at radius 1 is 0.295 bits per heavy atom. The molecule has 17 aliphatic heterocycles. The van der Waals surface area contributed by atoms with E-state index in [1.807, 2.05) is 0 Å². The van der Waals surface area contributed by atoms with Gasteiger partial charge in [-0.3, -0.25) is 14.4 Å². The number of nitrogens with one attached hydrogen (secondary N) is 1. The van der Waals surface area contributed by atoms with Crippen LogP contribution in [0.15, 0.2) is 0 Å². The van der Waals surface area contributed by atoms with E-state index in [9.17, 15) is 110 Å². The zero-order valence-corrected chi connectivity index (χ0v) is 110. The summed E-state index contributed by atoms with van der Waals surface area (Å²) < 4.78 is 177. The van der Waals surface area contributed by atoms with Crippen LogP contribution in [0.25, 0.3) is 0 Å². The molecule has 9 atom stereocenters. The van der Waals surface area contributed by atoms with Gasteiger partial charge in [-0.15, -0.1) is 0 Å². The zero-order valence-electron chi connectivity index (χ0n) is 86.2. The third kappa shape index (κ3) is 18.9. The van der Waals surface area contributed by atoms with Gasteiger partial charge in [0.05, 0.1) is 12.3 Å². The Balaban J connectivity index is 0.000000186. The van der Waals surface area contributed by atoms with Gasteiger partial charge in [-0.1, -0.05) is 57.8 Å². The Labute approximate surface area is 869 Å². The maximum atomic E-state index is 12.8. The molecule has 17 aliphatic rings. The van der Waals surface area contributed by atoms with E-state index >= 15 is 0 Å². The van der Waals surface area contributed by atoms with Crippen molar-refractivity contribution in [1.82, 2.24) is 5.32 Å². The second-order valence-corrected chi connectivity index (χ2v) is 117. The zero-order chi connectivity index (χ0) is 110. The highest BCUT2D eigenvalue weighted by molar-refractivity contribution is 7.04. The minimum absolute atomic E-state index is 0.0123. The molecule has 0 aromatic carbocycles. The predicted octanol–water partition coefficient (Wildman–Crippen LogP) is -4.78. The summed E-state index contributed by atoms with van der Waals surface area (Å²) in [5.74, 6) is -1.78. The molecule has 0 aliphatic carbocycles. The van der Waals surface area contributed by atoms with Crippen LogP contribution in [0.5, 0.6) is 0 Å². The van der Waals surface area contributed by atoms with Crippen LogP contribution in [0.2, 0.25) is 129 Å². The molecule has 0 saturated carbocycles. The third-order valence-corrected chi connectivity index (χ3v) is 123. The Morgan fingerprint density at radius 2 is 0.486 bits per heavy atom. The summed E-state index contributed by atoms with van der Waals surface area (Å²) in [6.45, 7) is 40.8. The van der Waals surface area contributed by atoms with Crippen molar-refractivity contribution in [2.24, 2.45) is 11.7 Å². The van der Waals surface area contributed by atoms with E-state index in [1.165, 1.54) is 13.8 Å². The van der Waals surface area contributed by atoms with Crippen molar-refractivity contribution in [3.05, 3.63) is 0 Å². The van der Waals surface area contributed by atoms with Crippen molar-refractivity contribution in [2.75, 3.05) is 13.1 Å². The molecule has 4 spiro atoms. The number of carbonyl (C=O) groups excluding carboxylic acids is 5. The fraction of sp³-hybridized carbons (Fsp3) is 0.939. The van der Waals surface area contributed by atoms with Gasteiger partial charge in [-0.25, -0.2) is 0 Å². The normalized spacial score (nSPS) is 46.1. The van der Waals surface area contributed by atoms with E-state index in [0.717, 1.165) is 12.8 Å². The summed E-state index contributed by atoms with van der Waals surface area (Å²) in [6, 6.07) is -0.345. The van der Waals surface area contributed by atoms with E-state index in [1.54, 1.807) is 146 Å². The summed E-state index contributed by atoms with van der Waals surface area (Å²) >= 11 is 0. The van der Waals surface area contributed by atoms with Gasteiger partial charge in [-0.2, -0.15) is 9.59 Å². The number of hydrogen-bond acceptors (Lipinski definition) is 55. The van der Waals surface area contributed by atoms with Gasteiger partial charge in [0.1, 0.15) is 41.8 Å². The molecule has 0 aromatic rings. The Bertz CT molecular complexity index is 4680. The SMILES string of the molecule is CC12O[Si](O)(O)O[Si]3(CCCCCC4CC(=O)OC4=O)OC14C(C)(O[Si](O)(O)O3)[Si](C)(C)O[Si]4(O)O[Si]2(C)C.CC12O[Si](O)(O)O[Si]3(CCCCCCCC(=O)NCCCCCC[Si]45OC67C(C)(O[Si](O)(O)O4)[Si](C)(C)O[Si]6(O)O[Si](C)(C)C7(C)O[Si](O)(O)O5)OC14C(C)(O[Si](O)(O)O3)[Si](C)(C)O[Si]4(O)O[Si]2(C)C.CC12O[Si](O)(O)O[Si]3(CCCCCCN)OC14C(C)(O[Si](O)(O)O3)[Si](C)(C)O[Si]4(O)O[Si]2(C)C.O=C=O. The number of nitrogens with two attached hydrogens (primary N) is 1. The molecule has 8 bridgehead atoms. The minimum Gasteiger partial charge on any atom is -0.412 e. The number of hydrogen-bond donors (Lipinski definition) is 22. The lowest BCUT2D eigenvalue weighted by Gasteiger charge is -2.53. The van der Waals surface area contributed by atoms with Crippen molar-refractivity contribution in [2.45, 2.75) is 369 Å². The van der Waals surface area contributed by atoms with Crippen LogP contribution >= 0.6 is 0 Å². The van der Waals surface area contributed by atoms with Crippen molar-refractivity contribution < 1.29 is 244 Å². The molecule has 0 radical (unpaired) electrons. The van der Waals surface area contributed by atoms with Gasteiger partial charge in [0.15, 0.2) is 20.9 Å². The number of fused-ring (bicyclic) bond motifs is 4. The lowest BCUT2D eigenvalue weighted by Crippen LogP contribution is -2.80. The van der Waals surface area contributed by atoms with Gasteiger partial charge < -0.3 is 231 Å². The highest BCUT2D eigenvalue weighted by Crippen LogP contribution is 2.74. The number of esters is 2. The van der Waals surface area contributed by atoms with Crippen molar-refractivity contribution >= 4 is 233 Å². The number of ether oxygens (including phenoxy) is 1. The van der Waals surface area contributed by atoms with Crippen molar-refractivity contribution in [3.8, 4) is 0 Å². The molecule has 56 nitrogen and oxygen atoms in total. The molecule has 80 heteroatoms. The van der Waals surface area contributed by atoms with Gasteiger partial charge in [0, 0.05) is 37.1 Å². The quantitative estimate of drug-likeness (QED) is 0.0159. The largest absolute Gasteiger partial charge is 0.667 e. The number of amides is 1. The van der Waals surface area contributed by atoms with Crippen LogP contribution in [0.1, 0.15) is 177 Å². The highest BCUT2D eigenvalue weighted by atomic mass is 28.5. The number of rotatable bonds is 27. The molecule has 17 saturated heterocycles. The summed E-state index contributed by atoms with van der Waals surface area (Å²) in [5, 5.41) is -18.8. The predicted molar refractivity (Wildman–Crippen MR) is 533 cm³/mol. The molecule has 17 heterocycles. The van der Waals surface area contributed by atoms with Gasteiger partial charge in [-0.05, 0) is 218 Å². The Morgan fingerprint density at radius 3 is 0.692 bits per heavy atom. The fourth-order valence-electron chi connectivity index (χ4n) is 24.9. The molecular formula is C66H146N2O54Si24. The standard InChI is InChI=1S/C32H73NO25Si12.C18H36O15Si6.C15H37NO12Si6.CO2/c1-27-31-28(2,60(7,8)52-65(31,35)51-59(27,5)6)46-68(39,40)56-63(49-31,55-67(37,38)45-27)24-20-16-13-14-18-22-26(34)33-23-19-15-17-21-25-64-50-32-29(3,47-69(41,42)57-64)61(9,10)53-66(32,36)54-62(11,12)30(32,4)48-70(43,44)58-64;1-16-18-17(2,35(5,6)31-37(18,21)30-34(16,3)4)28-39(24,25)33-36(29-18,32-38(22,23)27-16)11-9-7-8-10-13-12-14(19)26-15(13)20;1-13-15-14(2,30(5,6)26-32(15,17)25-29(13,3)4)23-34(20,21)28-31(24-15,27-33(18,19)22-13)12-10-8-7-9-11-16;2-1-3/h35-44H,13-25H2,1-12H3,(H,33,34);13,21-25H,7-12H2,1-6H3;17-21H,7-12,16H2,1-6H3;. The first-order valence-electron chi connectivity index (χ1n) is 48.6. The molecule has 17 fully saturated rings. The molecule has 1 amide bonds. The van der Waals surface area contributed by atoms with E-state index < -0.39 is 290 Å². The Hall–Kier alpha value is 1.24. The van der Waals surface area contributed by atoms with Gasteiger partial charge in [0.2, 0.25) is 72.4 Å². The highest BCUT2D eigenvalue weighted by Gasteiger charge is 3.04. The topological polar surface area (TPSA) is 796 Å². The summed E-state index contributed by atoms with van der Waals surface area (Å²) in [5.41, 5.74) is 5.57. The van der Waals surface area contributed by atoms with E-state index in [0.29, 0.717) is 103 Å². The van der Waals surface area contributed by atoms with Crippen LogP contribution in [-0.4, -0.2) is 405 Å². The monoisotopic (exact) mass is 2500 g/mol. The van der Waals surface area contributed by atoms with Crippen LogP contribution < -0.4 is 11.1 Å². The number of unbranched alkanes of at least 4 members (excludes halogenated alkanes) is 12. The number of cyclic esters (lactones) is 2. The second kappa shape index (κ2) is 37.9. The van der Waals surface area contributed by atoms with Gasteiger partial charge >= 0.3 is 161 Å². The first-order valence-corrected chi connectivity index (χ1v) is 100. The maximum absolute atomic E-state index is 12.8. The first kappa shape index (κ1) is 123. The van der Waals surface area contributed by atoms with Crippen molar-refractivity contribution in [3.63, 3.8) is 0 Å². The summed E-state index contributed by atoms with van der Waals surface area (Å²) in [4.78, 5) is 280. The Kier molecular flexibility index (Phi) is 31.8. The minimum atomic E-state index is -5.17. The molecular weight excluding hydrogens is 2360 g/mol. The maximum Gasteiger partial charge on any atom is 0.667 e. The van der Waals surface area contributed by atoms with E-state index in [-0.39, 0.29) is 55.5 Å². The molecule has 23 N–H and O–H groups in total.